The minimum absolute atomic E-state index is 0.0759. The van der Waals surface area contributed by atoms with E-state index < -0.39 is 6.04 Å². The van der Waals surface area contributed by atoms with E-state index in [2.05, 4.69) is 15.7 Å². The average molecular weight is 421 g/mol. The van der Waals surface area contributed by atoms with Crippen LogP contribution in [0.4, 0.5) is 0 Å². The first-order chi connectivity index (χ1) is 15.0. The molecule has 162 valence electrons. The molecule has 2 aromatic carbocycles. The van der Waals surface area contributed by atoms with Gasteiger partial charge in [-0.25, -0.2) is 4.68 Å². The van der Waals surface area contributed by atoms with E-state index in [9.17, 15) is 9.59 Å². The van der Waals surface area contributed by atoms with Crippen molar-refractivity contribution in [2.45, 2.75) is 33.4 Å². The standard InChI is InChI=1S/C24H28N4O3/c1-4-31-20-12-10-18(11-13-20)23(29)27-22(17(2)3)24(30)25-16-19-8-5-6-9-21(19)28-15-7-14-26-28/h5-15,17,22H,4,16H2,1-3H3,(H,25,30)(H,27,29). The number of nitrogens with one attached hydrogen (secondary N) is 2. The molecule has 0 bridgehead atoms. The molecule has 2 N–H and O–H groups in total. The number of ether oxygens (including phenoxy) is 1. The summed E-state index contributed by atoms with van der Waals surface area (Å²) in [6.45, 7) is 6.60. The Kier molecular flexibility index (Phi) is 7.43. The number of aromatic nitrogens is 2. The molecular formula is C24H28N4O3. The summed E-state index contributed by atoms with van der Waals surface area (Å²) in [6.07, 6.45) is 3.56. The molecule has 1 atom stereocenters. The van der Waals surface area contributed by atoms with Gasteiger partial charge in [0.1, 0.15) is 11.8 Å². The zero-order valence-electron chi connectivity index (χ0n) is 18.0. The number of hydrogen-bond donors (Lipinski definition) is 2. The molecule has 3 rings (SSSR count). The van der Waals surface area contributed by atoms with Crippen LogP contribution in [0.1, 0.15) is 36.7 Å². The van der Waals surface area contributed by atoms with Crippen molar-refractivity contribution in [3.05, 3.63) is 78.1 Å². The van der Waals surface area contributed by atoms with E-state index in [4.69, 9.17) is 4.74 Å². The first kappa shape index (κ1) is 22.1. The van der Waals surface area contributed by atoms with Crippen molar-refractivity contribution < 1.29 is 14.3 Å². The minimum atomic E-state index is -0.657. The molecule has 7 heteroatoms. The SMILES string of the molecule is CCOc1ccc(C(=O)NC(C(=O)NCc2ccccc2-n2cccn2)C(C)C)cc1. The van der Waals surface area contributed by atoms with Crippen LogP contribution >= 0.6 is 0 Å². The van der Waals surface area contributed by atoms with Gasteiger partial charge in [0.05, 0.1) is 12.3 Å². The number of amides is 2. The van der Waals surface area contributed by atoms with Crippen LogP contribution in [0.2, 0.25) is 0 Å². The van der Waals surface area contributed by atoms with Crippen molar-refractivity contribution in [1.82, 2.24) is 20.4 Å². The lowest BCUT2D eigenvalue weighted by Gasteiger charge is -2.22. The summed E-state index contributed by atoms with van der Waals surface area (Å²) in [5.41, 5.74) is 2.30. The summed E-state index contributed by atoms with van der Waals surface area (Å²) in [6, 6.07) is 15.8. The maximum Gasteiger partial charge on any atom is 0.251 e. The Hall–Kier alpha value is -3.61. The first-order valence-corrected chi connectivity index (χ1v) is 10.4. The van der Waals surface area contributed by atoms with Gasteiger partial charge in [-0.1, -0.05) is 32.0 Å². The summed E-state index contributed by atoms with van der Waals surface area (Å²) >= 11 is 0. The number of carbonyl (C=O) groups excluding carboxylic acids is 2. The number of nitrogens with zero attached hydrogens (tertiary/aromatic N) is 2. The van der Waals surface area contributed by atoms with Gasteiger partial charge in [0.2, 0.25) is 5.91 Å². The molecule has 2 amide bonds. The predicted octanol–water partition coefficient (Wildman–Crippen LogP) is 3.34. The second-order valence-corrected chi connectivity index (χ2v) is 7.45. The molecule has 0 aliphatic carbocycles. The van der Waals surface area contributed by atoms with Crippen molar-refractivity contribution in [2.24, 2.45) is 5.92 Å². The minimum Gasteiger partial charge on any atom is -0.494 e. The topological polar surface area (TPSA) is 85.2 Å². The third-order valence-electron chi connectivity index (χ3n) is 4.86. The van der Waals surface area contributed by atoms with Gasteiger partial charge in [0.15, 0.2) is 0 Å². The molecule has 0 aliphatic rings. The fourth-order valence-corrected chi connectivity index (χ4v) is 3.22. The summed E-state index contributed by atoms with van der Waals surface area (Å²) in [4.78, 5) is 25.6. The van der Waals surface area contributed by atoms with E-state index in [0.717, 1.165) is 11.3 Å². The van der Waals surface area contributed by atoms with E-state index in [-0.39, 0.29) is 17.7 Å². The van der Waals surface area contributed by atoms with Crippen molar-refractivity contribution in [2.75, 3.05) is 6.61 Å². The lowest BCUT2D eigenvalue weighted by Crippen LogP contribution is -2.49. The zero-order chi connectivity index (χ0) is 22.2. The lowest BCUT2D eigenvalue weighted by atomic mass is 10.0. The van der Waals surface area contributed by atoms with Gasteiger partial charge in [-0.15, -0.1) is 0 Å². The molecule has 1 unspecified atom stereocenters. The van der Waals surface area contributed by atoms with Gasteiger partial charge in [-0.2, -0.15) is 5.10 Å². The Morgan fingerprint density at radius 3 is 2.45 bits per heavy atom. The van der Waals surface area contributed by atoms with Gasteiger partial charge in [-0.05, 0) is 54.8 Å². The Labute approximate surface area is 182 Å². The Balaban J connectivity index is 1.65. The third-order valence-corrected chi connectivity index (χ3v) is 4.86. The van der Waals surface area contributed by atoms with E-state index in [1.807, 2.05) is 57.3 Å². The first-order valence-electron chi connectivity index (χ1n) is 10.4. The van der Waals surface area contributed by atoms with E-state index in [1.54, 1.807) is 35.1 Å². The fraction of sp³-hybridized carbons (Fsp3) is 0.292. The molecule has 0 fully saturated rings. The molecule has 0 saturated carbocycles. The maximum absolute atomic E-state index is 12.9. The highest BCUT2D eigenvalue weighted by atomic mass is 16.5. The number of hydrogen-bond acceptors (Lipinski definition) is 4. The van der Waals surface area contributed by atoms with Crippen molar-refractivity contribution in [3.8, 4) is 11.4 Å². The summed E-state index contributed by atoms with van der Waals surface area (Å²) in [5, 5.41) is 10.1. The molecule has 0 spiro atoms. The van der Waals surface area contributed by atoms with Gasteiger partial charge >= 0.3 is 0 Å². The number of para-hydroxylation sites is 1. The van der Waals surface area contributed by atoms with E-state index >= 15 is 0 Å². The van der Waals surface area contributed by atoms with Crippen molar-refractivity contribution in [3.63, 3.8) is 0 Å². The predicted molar refractivity (Wildman–Crippen MR) is 119 cm³/mol. The van der Waals surface area contributed by atoms with Gasteiger partial charge in [0, 0.05) is 24.5 Å². The van der Waals surface area contributed by atoms with Gasteiger partial charge < -0.3 is 15.4 Å². The third kappa shape index (κ3) is 5.72. The molecule has 0 saturated heterocycles. The molecule has 31 heavy (non-hydrogen) atoms. The highest BCUT2D eigenvalue weighted by Gasteiger charge is 2.24. The molecule has 3 aromatic rings. The molecule has 7 nitrogen and oxygen atoms in total. The highest BCUT2D eigenvalue weighted by molar-refractivity contribution is 5.97. The Morgan fingerprint density at radius 2 is 1.81 bits per heavy atom. The molecule has 0 radical (unpaired) electrons. The fourth-order valence-electron chi connectivity index (χ4n) is 3.22. The largest absolute Gasteiger partial charge is 0.494 e. The summed E-state index contributed by atoms with van der Waals surface area (Å²) in [7, 11) is 0. The van der Waals surface area contributed by atoms with Crippen LogP contribution in [-0.4, -0.2) is 34.2 Å². The number of carbonyl (C=O) groups is 2. The van der Waals surface area contributed by atoms with Crippen LogP contribution in [0, 0.1) is 5.92 Å². The van der Waals surface area contributed by atoms with Crippen molar-refractivity contribution >= 4 is 11.8 Å². The molecular weight excluding hydrogens is 392 g/mol. The van der Waals surface area contributed by atoms with Crippen LogP contribution in [0.25, 0.3) is 5.69 Å². The van der Waals surface area contributed by atoms with Crippen LogP contribution in [0.15, 0.2) is 67.0 Å². The molecule has 0 aliphatic heterocycles. The van der Waals surface area contributed by atoms with Crippen LogP contribution in [-0.2, 0) is 11.3 Å². The summed E-state index contributed by atoms with van der Waals surface area (Å²) in [5.74, 6) is 0.0967. The lowest BCUT2D eigenvalue weighted by molar-refractivity contribution is -0.124. The number of rotatable bonds is 9. The van der Waals surface area contributed by atoms with Crippen molar-refractivity contribution in [1.29, 1.82) is 0 Å². The molecule has 1 aromatic heterocycles. The van der Waals surface area contributed by atoms with Crippen LogP contribution in [0.5, 0.6) is 5.75 Å². The van der Waals surface area contributed by atoms with Crippen LogP contribution in [0.3, 0.4) is 0 Å². The average Bonchev–Trinajstić information content (AvgIpc) is 3.31. The second kappa shape index (κ2) is 10.4. The zero-order valence-corrected chi connectivity index (χ0v) is 18.0. The maximum atomic E-state index is 12.9. The second-order valence-electron chi connectivity index (χ2n) is 7.45. The highest BCUT2D eigenvalue weighted by Crippen LogP contribution is 2.15. The summed E-state index contributed by atoms with van der Waals surface area (Å²) < 4.78 is 7.17. The monoisotopic (exact) mass is 420 g/mol. The quantitative estimate of drug-likeness (QED) is 0.556. The Morgan fingerprint density at radius 1 is 1.06 bits per heavy atom. The normalized spacial score (nSPS) is 11.7. The van der Waals surface area contributed by atoms with Gasteiger partial charge in [0.25, 0.3) is 5.91 Å². The smallest absolute Gasteiger partial charge is 0.251 e. The van der Waals surface area contributed by atoms with E-state index in [0.29, 0.717) is 24.5 Å². The van der Waals surface area contributed by atoms with E-state index in [1.165, 1.54) is 0 Å². The van der Waals surface area contributed by atoms with Crippen LogP contribution < -0.4 is 15.4 Å². The van der Waals surface area contributed by atoms with Gasteiger partial charge in [-0.3, -0.25) is 9.59 Å². The Bertz CT molecular complexity index is 998. The molecule has 1 heterocycles. The number of benzene rings is 2.